The minimum absolute atomic E-state index is 0.112. The molecule has 0 aromatic heterocycles. The first-order valence-corrected chi connectivity index (χ1v) is 7.25. The van der Waals surface area contributed by atoms with Crippen LogP contribution in [-0.2, 0) is 16.1 Å². The van der Waals surface area contributed by atoms with Crippen molar-refractivity contribution < 1.29 is 19.4 Å². The van der Waals surface area contributed by atoms with Crippen molar-refractivity contribution in [2.75, 3.05) is 5.32 Å². The predicted octanol–water partition coefficient (Wildman–Crippen LogP) is 2.23. The monoisotopic (exact) mass is 324 g/mol. The average Bonchev–Trinajstić information content (AvgIpc) is 2.62. The van der Waals surface area contributed by atoms with Gasteiger partial charge in [0, 0.05) is 5.69 Å². The van der Waals surface area contributed by atoms with E-state index in [2.05, 4.69) is 5.32 Å². The molecule has 6 heteroatoms. The molecule has 0 aliphatic heterocycles. The Morgan fingerprint density at radius 3 is 2.33 bits per heavy atom. The number of hydrogen-bond donors (Lipinski definition) is 2. The maximum absolute atomic E-state index is 12.0. The maximum Gasteiger partial charge on any atom is 0.338 e. The van der Waals surface area contributed by atoms with Gasteiger partial charge in [-0.25, -0.2) is 4.79 Å². The van der Waals surface area contributed by atoms with E-state index in [4.69, 9.17) is 15.1 Å². The number of carbonyl (C=O) groups excluding carboxylic acids is 2. The van der Waals surface area contributed by atoms with Crippen LogP contribution in [0.4, 0.5) is 5.69 Å². The van der Waals surface area contributed by atoms with E-state index in [1.54, 1.807) is 36.4 Å². The summed E-state index contributed by atoms with van der Waals surface area (Å²) in [5.74, 6) is -1.10. The second-order valence-electron chi connectivity index (χ2n) is 5.08. The number of carbonyl (C=O) groups is 2. The highest BCUT2D eigenvalue weighted by molar-refractivity contribution is 5.97. The lowest BCUT2D eigenvalue weighted by atomic mass is 10.1. The lowest BCUT2D eigenvalue weighted by Gasteiger charge is -2.13. The third-order valence-electron chi connectivity index (χ3n) is 3.31. The molecule has 0 saturated heterocycles. The fourth-order valence-electron chi connectivity index (χ4n) is 1.90. The van der Waals surface area contributed by atoms with Crippen molar-refractivity contribution in [2.45, 2.75) is 19.6 Å². The van der Waals surface area contributed by atoms with Gasteiger partial charge in [-0.15, -0.1) is 0 Å². The van der Waals surface area contributed by atoms with E-state index >= 15 is 0 Å². The molecule has 0 radical (unpaired) electrons. The standard InChI is InChI=1S/C18H16N2O4/c1-12(17(22)20-16-8-4-13(10-19)5-9-16)24-18(23)15-6-2-14(11-21)3-7-15/h2-9,12,21H,11H2,1H3,(H,20,22)/t12-/m0/s1. The van der Waals surface area contributed by atoms with Crippen LogP contribution in [0.5, 0.6) is 0 Å². The van der Waals surface area contributed by atoms with Crippen molar-refractivity contribution in [3.05, 3.63) is 65.2 Å². The SMILES string of the molecule is C[C@H](OC(=O)c1ccc(CO)cc1)C(=O)Nc1ccc(C#N)cc1. The highest BCUT2D eigenvalue weighted by atomic mass is 16.5. The Labute approximate surface area is 139 Å². The number of hydrogen-bond acceptors (Lipinski definition) is 5. The zero-order valence-electron chi connectivity index (χ0n) is 13.0. The number of nitriles is 1. The van der Waals surface area contributed by atoms with E-state index in [1.807, 2.05) is 6.07 Å². The molecule has 1 amide bonds. The molecule has 2 aromatic rings. The van der Waals surface area contributed by atoms with Gasteiger partial charge in [-0.2, -0.15) is 5.26 Å². The van der Waals surface area contributed by atoms with Gasteiger partial charge in [0.25, 0.3) is 5.91 Å². The first-order valence-electron chi connectivity index (χ1n) is 7.25. The normalized spacial score (nSPS) is 11.2. The van der Waals surface area contributed by atoms with Crippen molar-refractivity contribution in [1.29, 1.82) is 5.26 Å². The summed E-state index contributed by atoms with van der Waals surface area (Å²) in [7, 11) is 0. The first kappa shape index (κ1) is 17.2. The number of rotatable bonds is 5. The molecule has 1 atom stereocenters. The van der Waals surface area contributed by atoms with Crippen LogP contribution in [0.15, 0.2) is 48.5 Å². The van der Waals surface area contributed by atoms with Crippen molar-refractivity contribution in [2.24, 2.45) is 0 Å². The molecule has 0 unspecified atom stereocenters. The van der Waals surface area contributed by atoms with Crippen molar-refractivity contribution in [3.63, 3.8) is 0 Å². The fourth-order valence-corrected chi connectivity index (χ4v) is 1.90. The Bertz CT molecular complexity index is 761. The molecule has 0 spiro atoms. The Balaban J connectivity index is 1.94. The number of nitrogens with zero attached hydrogens (tertiary/aromatic N) is 1. The molecular formula is C18H16N2O4. The summed E-state index contributed by atoms with van der Waals surface area (Å²) in [4.78, 5) is 24.0. The van der Waals surface area contributed by atoms with Gasteiger partial charge in [-0.05, 0) is 48.9 Å². The summed E-state index contributed by atoms with van der Waals surface area (Å²) in [5.41, 5.74) is 1.97. The molecule has 24 heavy (non-hydrogen) atoms. The van der Waals surface area contributed by atoms with Gasteiger partial charge in [0.1, 0.15) is 0 Å². The lowest BCUT2D eigenvalue weighted by Crippen LogP contribution is -2.30. The molecular weight excluding hydrogens is 308 g/mol. The Hall–Kier alpha value is -3.17. The molecule has 0 heterocycles. The largest absolute Gasteiger partial charge is 0.449 e. The number of ether oxygens (including phenoxy) is 1. The number of aliphatic hydroxyl groups excluding tert-OH is 1. The zero-order chi connectivity index (χ0) is 17.5. The van der Waals surface area contributed by atoms with Gasteiger partial charge in [0.15, 0.2) is 6.10 Å². The van der Waals surface area contributed by atoms with Crippen LogP contribution in [0.2, 0.25) is 0 Å². The van der Waals surface area contributed by atoms with Gasteiger partial charge >= 0.3 is 5.97 Å². The zero-order valence-corrected chi connectivity index (χ0v) is 13.0. The molecule has 0 saturated carbocycles. The van der Waals surface area contributed by atoms with Gasteiger partial charge < -0.3 is 15.2 Å². The lowest BCUT2D eigenvalue weighted by molar-refractivity contribution is -0.123. The predicted molar refractivity (Wildman–Crippen MR) is 87.0 cm³/mol. The minimum atomic E-state index is -0.981. The summed E-state index contributed by atoms with van der Waals surface area (Å²) >= 11 is 0. The van der Waals surface area contributed by atoms with Crippen LogP contribution in [0.25, 0.3) is 0 Å². The van der Waals surface area contributed by atoms with Crippen molar-refractivity contribution >= 4 is 17.6 Å². The molecule has 6 nitrogen and oxygen atoms in total. The molecule has 2 N–H and O–H groups in total. The van der Waals surface area contributed by atoms with Gasteiger partial charge in [-0.1, -0.05) is 12.1 Å². The van der Waals surface area contributed by atoms with Crippen LogP contribution in [0, 0.1) is 11.3 Å². The number of esters is 1. The quantitative estimate of drug-likeness (QED) is 0.822. The Morgan fingerprint density at radius 2 is 1.79 bits per heavy atom. The number of aliphatic hydroxyl groups is 1. The molecule has 0 aliphatic rings. The Morgan fingerprint density at radius 1 is 1.17 bits per heavy atom. The average molecular weight is 324 g/mol. The molecule has 0 fully saturated rings. The van der Waals surface area contributed by atoms with E-state index in [0.29, 0.717) is 22.4 Å². The number of amides is 1. The summed E-state index contributed by atoms with van der Waals surface area (Å²) < 4.78 is 5.12. The van der Waals surface area contributed by atoms with Crippen molar-refractivity contribution in [3.8, 4) is 6.07 Å². The number of nitrogens with one attached hydrogen (secondary N) is 1. The number of anilines is 1. The van der Waals surface area contributed by atoms with E-state index in [0.717, 1.165) is 0 Å². The third-order valence-corrected chi connectivity index (χ3v) is 3.31. The van der Waals surface area contributed by atoms with Gasteiger partial charge in [0.2, 0.25) is 0 Å². The maximum atomic E-state index is 12.0. The van der Waals surface area contributed by atoms with Crippen LogP contribution in [-0.4, -0.2) is 23.1 Å². The molecule has 2 aromatic carbocycles. The fraction of sp³-hybridized carbons (Fsp3) is 0.167. The van der Waals surface area contributed by atoms with E-state index < -0.39 is 18.0 Å². The highest BCUT2D eigenvalue weighted by Gasteiger charge is 2.19. The second kappa shape index (κ2) is 7.90. The van der Waals surface area contributed by atoms with Crippen molar-refractivity contribution in [1.82, 2.24) is 0 Å². The summed E-state index contributed by atoms with van der Waals surface area (Å²) in [6.45, 7) is 1.36. The molecule has 0 bridgehead atoms. The van der Waals surface area contributed by atoms with Gasteiger partial charge in [0.05, 0.1) is 23.8 Å². The summed E-state index contributed by atoms with van der Waals surface area (Å²) in [5, 5.41) is 20.3. The smallest absolute Gasteiger partial charge is 0.338 e. The molecule has 0 aliphatic carbocycles. The van der Waals surface area contributed by atoms with Gasteiger partial charge in [-0.3, -0.25) is 4.79 Å². The van der Waals surface area contributed by atoms with E-state index in [9.17, 15) is 9.59 Å². The minimum Gasteiger partial charge on any atom is -0.449 e. The van der Waals surface area contributed by atoms with E-state index in [-0.39, 0.29) is 6.61 Å². The third kappa shape index (κ3) is 4.41. The first-order chi connectivity index (χ1) is 11.5. The summed E-state index contributed by atoms with van der Waals surface area (Å²) in [6, 6.07) is 14.6. The van der Waals surface area contributed by atoms with Crippen LogP contribution >= 0.6 is 0 Å². The number of benzene rings is 2. The summed E-state index contributed by atoms with van der Waals surface area (Å²) in [6.07, 6.45) is -0.981. The van der Waals surface area contributed by atoms with Crippen LogP contribution in [0.3, 0.4) is 0 Å². The topological polar surface area (TPSA) is 99.4 Å². The second-order valence-corrected chi connectivity index (χ2v) is 5.08. The molecule has 2 rings (SSSR count). The van der Waals surface area contributed by atoms with Crippen LogP contribution < -0.4 is 5.32 Å². The highest BCUT2D eigenvalue weighted by Crippen LogP contribution is 2.11. The Kier molecular flexibility index (Phi) is 5.66. The molecule has 122 valence electrons. The van der Waals surface area contributed by atoms with E-state index in [1.165, 1.54) is 19.1 Å². The van der Waals surface area contributed by atoms with Crippen LogP contribution in [0.1, 0.15) is 28.4 Å².